The van der Waals surface area contributed by atoms with E-state index in [0.717, 1.165) is 24.8 Å². The van der Waals surface area contributed by atoms with Gasteiger partial charge < -0.3 is 9.84 Å². The average Bonchev–Trinajstić information content (AvgIpc) is 2.17. The Balaban J connectivity index is 2.21. The average molecular weight is 194 g/mol. The molecule has 2 fully saturated rings. The molecule has 0 bridgehead atoms. The molecule has 0 spiro atoms. The Morgan fingerprint density at radius 3 is 2.93 bits per heavy atom. The first-order valence-electron chi connectivity index (χ1n) is 5.21. The minimum absolute atomic E-state index is 0.159. The summed E-state index contributed by atoms with van der Waals surface area (Å²) >= 11 is 0. The summed E-state index contributed by atoms with van der Waals surface area (Å²) in [4.78, 5) is 0. The molecule has 0 aromatic rings. The van der Waals surface area contributed by atoms with Crippen LogP contribution < -0.4 is 0 Å². The number of hydrogen-bond acceptors (Lipinski definition) is 2. The van der Waals surface area contributed by atoms with Crippen molar-refractivity contribution < 1.29 is 9.84 Å². The normalized spacial score (nSPS) is 46.7. The first-order chi connectivity index (χ1) is 6.64. The second-order valence-electron chi connectivity index (χ2n) is 4.46. The molecule has 0 unspecified atom stereocenters. The molecule has 2 nitrogen and oxygen atoms in total. The summed E-state index contributed by atoms with van der Waals surface area (Å²) in [6.07, 6.45) is 4.84. The highest BCUT2D eigenvalue weighted by molar-refractivity contribution is 5.31. The van der Waals surface area contributed by atoms with Crippen molar-refractivity contribution >= 4 is 0 Å². The standard InChI is InChI=1S/C12H18O2/c1-4-12(13)7-5-6-9-10(12)8(2)11(9)14-3/h4,9-11,13H,1-2,5-7H2,3H3/t9-,10-,11+,12-/m0/s1. The van der Waals surface area contributed by atoms with Crippen molar-refractivity contribution in [2.45, 2.75) is 31.0 Å². The first kappa shape index (κ1) is 9.94. The molecule has 2 rings (SSSR count). The summed E-state index contributed by atoms with van der Waals surface area (Å²) in [6.45, 7) is 7.74. The molecule has 0 radical (unpaired) electrons. The number of methoxy groups -OCH3 is 1. The van der Waals surface area contributed by atoms with Crippen LogP contribution in [-0.4, -0.2) is 23.9 Å². The van der Waals surface area contributed by atoms with E-state index < -0.39 is 5.60 Å². The highest BCUT2D eigenvalue weighted by atomic mass is 16.5. The molecule has 2 saturated carbocycles. The Bertz CT molecular complexity index is 271. The maximum Gasteiger partial charge on any atom is 0.0894 e. The van der Waals surface area contributed by atoms with Crippen molar-refractivity contribution in [1.82, 2.24) is 0 Å². The van der Waals surface area contributed by atoms with Crippen LogP contribution in [0.1, 0.15) is 19.3 Å². The van der Waals surface area contributed by atoms with Crippen molar-refractivity contribution in [2.24, 2.45) is 11.8 Å². The molecule has 78 valence electrons. The van der Waals surface area contributed by atoms with Crippen LogP contribution in [0.2, 0.25) is 0 Å². The maximum absolute atomic E-state index is 10.3. The van der Waals surface area contributed by atoms with Gasteiger partial charge in [0.2, 0.25) is 0 Å². The van der Waals surface area contributed by atoms with Gasteiger partial charge in [0.25, 0.3) is 0 Å². The van der Waals surface area contributed by atoms with Crippen LogP contribution in [0.15, 0.2) is 24.8 Å². The van der Waals surface area contributed by atoms with Gasteiger partial charge in [0.15, 0.2) is 0 Å². The summed E-state index contributed by atoms with van der Waals surface area (Å²) in [5.41, 5.74) is 0.314. The van der Waals surface area contributed by atoms with Crippen LogP contribution in [0.25, 0.3) is 0 Å². The molecule has 0 aromatic carbocycles. The minimum Gasteiger partial charge on any atom is -0.385 e. The van der Waals surface area contributed by atoms with E-state index in [-0.39, 0.29) is 12.0 Å². The number of hydrogen-bond donors (Lipinski definition) is 1. The van der Waals surface area contributed by atoms with Crippen molar-refractivity contribution in [3.8, 4) is 0 Å². The molecule has 1 N–H and O–H groups in total. The summed E-state index contributed by atoms with van der Waals surface area (Å²) in [5.74, 6) is 0.628. The van der Waals surface area contributed by atoms with E-state index in [4.69, 9.17) is 4.74 Å². The highest BCUT2D eigenvalue weighted by Gasteiger charge is 2.55. The lowest BCUT2D eigenvalue weighted by Crippen LogP contribution is -2.58. The third kappa shape index (κ3) is 1.11. The summed E-state index contributed by atoms with van der Waals surface area (Å²) in [5, 5.41) is 10.3. The summed E-state index contributed by atoms with van der Waals surface area (Å²) in [6, 6.07) is 0. The predicted octanol–water partition coefficient (Wildman–Crippen LogP) is 1.90. The fourth-order valence-electron chi connectivity index (χ4n) is 3.12. The Morgan fingerprint density at radius 1 is 1.64 bits per heavy atom. The van der Waals surface area contributed by atoms with Crippen LogP contribution in [-0.2, 0) is 4.74 Å². The zero-order chi connectivity index (χ0) is 10.3. The Hall–Kier alpha value is -0.600. The van der Waals surface area contributed by atoms with Gasteiger partial charge in [0, 0.05) is 13.0 Å². The van der Waals surface area contributed by atoms with Gasteiger partial charge >= 0.3 is 0 Å². The lowest BCUT2D eigenvalue weighted by molar-refractivity contribution is -0.111. The summed E-state index contributed by atoms with van der Waals surface area (Å²) < 4.78 is 5.36. The third-order valence-corrected chi connectivity index (χ3v) is 3.84. The molecule has 0 saturated heterocycles. The number of ether oxygens (including phenoxy) is 1. The second kappa shape index (κ2) is 3.21. The van der Waals surface area contributed by atoms with Crippen LogP contribution >= 0.6 is 0 Å². The van der Waals surface area contributed by atoms with Crippen molar-refractivity contribution in [2.75, 3.05) is 7.11 Å². The number of rotatable bonds is 2. The van der Waals surface area contributed by atoms with E-state index in [1.165, 1.54) is 0 Å². The molecule has 14 heavy (non-hydrogen) atoms. The topological polar surface area (TPSA) is 29.5 Å². The molecule has 4 atom stereocenters. The van der Waals surface area contributed by atoms with Crippen molar-refractivity contribution in [3.63, 3.8) is 0 Å². The fourth-order valence-corrected chi connectivity index (χ4v) is 3.12. The van der Waals surface area contributed by atoms with E-state index in [2.05, 4.69) is 13.2 Å². The van der Waals surface area contributed by atoms with Crippen LogP contribution in [0.5, 0.6) is 0 Å². The Morgan fingerprint density at radius 2 is 2.36 bits per heavy atom. The zero-order valence-electron chi connectivity index (χ0n) is 8.70. The number of aliphatic hydroxyl groups is 1. The van der Waals surface area contributed by atoms with Crippen molar-refractivity contribution in [1.29, 1.82) is 0 Å². The maximum atomic E-state index is 10.3. The molecular formula is C12H18O2. The largest absolute Gasteiger partial charge is 0.385 e. The summed E-state index contributed by atoms with van der Waals surface area (Å²) in [7, 11) is 1.72. The molecule has 0 aromatic heterocycles. The fraction of sp³-hybridized carbons (Fsp3) is 0.667. The van der Waals surface area contributed by atoms with E-state index in [1.807, 2.05) is 0 Å². The van der Waals surface area contributed by atoms with Gasteiger partial charge in [-0.15, -0.1) is 6.58 Å². The molecular weight excluding hydrogens is 176 g/mol. The van der Waals surface area contributed by atoms with E-state index in [0.29, 0.717) is 5.92 Å². The van der Waals surface area contributed by atoms with E-state index in [9.17, 15) is 5.11 Å². The molecule has 2 aliphatic carbocycles. The molecule has 0 heterocycles. The third-order valence-electron chi connectivity index (χ3n) is 3.84. The van der Waals surface area contributed by atoms with Gasteiger partial charge in [-0.05, 0) is 30.8 Å². The number of fused-ring (bicyclic) bond motifs is 1. The second-order valence-corrected chi connectivity index (χ2v) is 4.46. The molecule has 2 aliphatic rings. The quantitative estimate of drug-likeness (QED) is 0.680. The first-order valence-corrected chi connectivity index (χ1v) is 5.21. The van der Waals surface area contributed by atoms with Gasteiger partial charge in [0.05, 0.1) is 11.7 Å². The van der Waals surface area contributed by atoms with Gasteiger partial charge in [-0.2, -0.15) is 0 Å². The van der Waals surface area contributed by atoms with Crippen molar-refractivity contribution in [3.05, 3.63) is 24.8 Å². The smallest absolute Gasteiger partial charge is 0.0894 e. The SMILES string of the molecule is C=C[C@]1(O)CCC[C@@H]2[C@H](OC)C(=C)[C@@H]21. The predicted molar refractivity (Wildman–Crippen MR) is 55.9 cm³/mol. The van der Waals surface area contributed by atoms with Gasteiger partial charge in [0.1, 0.15) is 0 Å². The van der Waals surface area contributed by atoms with Gasteiger partial charge in [-0.1, -0.05) is 12.7 Å². The van der Waals surface area contributed by atoms with Crippen LogP contribution in [0.3, 0.4) is 0 Å². The van der Waals surface area contributed by atoms with Gasteiger partial charge in [-0.25, -0.2) is 0 Å². The lowest BCUT2D eigenvalue weighted by atomic mass is 9.54. The highest BCUT2D eigenvalue weighted by Crippen LogP contribution is 2.54. The Kier molecular flexibility index (Phi) is 2.28. The Labute approximate surface area is 85.3 Å². The molecule has 0 amide bonds. The van der Waals surface area contributed by atoms with Crippen LogP contribution in [0.4, 0.5) is 0 Å². The van der Waals surface area contributed by atoms with Crippen LogP contribution in [0, 0.1) is 11.8 Å². The lowest BCUT2D eigenvalue weighted by Gasteiger charge is -2.55. The minimum atomic E-state index is -0.727. The molecule has 0 aliphatic heterocycles. The van der Waals surface area contributed by atoms with Gasteiger partial charge in [-0.3, -0.25) is 0 Å². The molecule has 2 heteroatoms. The zero-order valence-corrected chi connectivity index (χ0v) is 8.70. The monoisotopic (exact) mass is 194 g/mol. The van der Waals surface area contributed by atoms with E-state index in [1.54, 1.807) is 13.2 Å². The van der Waals surface area contributed by atoms with E-state index >= 15 is 0 Å².